The van der Waals surface area contributed by atoms with Crippen LogP contribution in [0, 0.1) is 0 Å². The van der Waals surface area contributed by atoms with Crippen molar-refractivity contribution in [2.75, 3.05) is 5.73 Å². The Balaban J connectivity index is 2.52. The van der Waals surface area contributed by atoms with Gasteiger partial charge in [-0.2, -0.15) is 0 Å². The van der Waals surface area contributed by atoms with Crippen molar-refractivity contribution in [1.29, 1.82) is 0 Å². The summed E-state index contributed by atoms with van der Waals surface area (Å²) in [5.41, 5.74) is 8.58. The predicted octanol–water partition coefficient (Wildman–Crippen LogP) is 0.612. The summed E-state index contributed by atoms with van der Waals surface area (Å²) in [5, 5.41) is 3.06. The van der Waals surface area contributed by atoms with E-state index in [1.807, 2.05) is 18.2 Å². The van der Waals surface area contributed by atoms with Crippen LogP contribution in [0.25, 0.3) is 0 Å². The van der Waals surface area contributed by atoms with Crippen LogP contribution in [0.15, 0.2) is 18.2 Å². The molecule has 1 aromatic rings. The normalized spacial score (nSPS) is 20.5. The van der Waals surface area contributed by atoms with E-state index in [-0.39, 0.29) is 6.04 Å². The number of hydrogen-bond donors (Lipinski definition) is 2. The van der Waals surface area contributed by atoms with E-state index in [1.54, 1.807) is 0 Å². The van der Waals surface area contributed by atoms with Crippen molar-refractivity contribution in [2.24, 2.45) is 0 Å². The lowest BCUT2D eigenvalue weighted by Crippen LogP contribution is -2.12. The second kappa shape index (κ2) is 2.60. The molecule has 1 unspecified atom stereocenters. The molecule has 1 aliphatic rings. The number of nitrogen functional groups attached to an aromatic ring is 1. The third kappa shape index (κ3) is 0.905. The Kier molecular flexibility index (Phi) is 1.59. The highest BCUT2D eigenvalue weighted by Gasteiger charge is 2.21. The van der Waals surface area contributed by atoms with Gasteiger partial charge in [0.2, 0.25) is 0 Å². The van der Waals surface area contributed by atoms with Crippen molar-refractivity contribution in [3.63, 3.8) is 0 Å². The number of hydrogen-bond acceptors (Lipinski definition) is 3. The topological polar surface area (TPSA) is 55.1 Å². The molecule has 0 saturated carbocycles. The molecule has 0 spiro atoms. The van der Waals surface area contributed by atoms with E-state index in [2.05, 4.69) is 5.32 Å². The van der Waals surface area contributed by atoms with Crippen LogP contribution in [-0.2, 0) is 11.3 Å². The van der Waals surface area contributed by atoms with Crippen molar-refractivity contribution >= 4 is 12.0 Å². The minimum absolute atomic E-state index is 0.163. The summed E-state index contributed by atoms with van der Waals surface area (Å²) in [5.74, 6) is 0. The molecule has 0 fully saturated rings. The summed E-state index contributed by atoms with van der Waals surface area (Å²) in [6.07, 6.45) is 0.908. The van der Waals surface area contributed by atoms with E-state index in [0.29, 0.717) is 6.54 Å². The number of carbonyl (C=O) groups excluding carboxylic acids is 1. The van der Waals surface area contributed by atoms with Crippen molar-refractivity contribution in [2.45, 2.75) is 12.6 Å². The Morgan fingerprint density at radius 2 is 2.42 bits per heavy atom. The summed E-state index contributed by atoms with van der Waals surface area (Å²) >= 11 is 0. The van der Waals surface area contributed by atoms with Crippen LogP contribution in [0.3, 0.4) is 0 Å². The van der Waals surface area contributed by atoms with Gasteiger partial charge in [0, 0.05) is 12.2 Å². The Hall–Kier alpha value is -1.35. The fourth-order valence-corrected chi connectivity index (χ4v) is 1.56. The zero-order chi connectivity index (χ0) is 8.55. The molecule has 0 bridgehead atoms. The number of carbonyl (C=O) groups is 1. The highest BCUT2D eigenvalue weighted by Crippen LogP contribution is 2.27. The first kappa shape index (κ1) is 7.31. The second-order valence-corrected chi connectivity index (χ2v) is 2.91. The molecule has 1 atom stereocenters. The number of aldehydes is 1. The van der Waals surface area contributed by atoms with Crippen molar-refractivity contribution in [3.05, 3.63) is 29.3 Å². The zero-order valence-electron chi connectivity index (χ0n) is 6.58. The molecule has 0 radical (unpaired) electrons. The van der Waals surface area contributed by atoms with Gasteiger partial charge in [-0.1, -0.05) is 12.1 Å². The van der Waals surface area contributed by atoms with Crippen molar-refractivity contribution < 1.29 is 4.79 Å². The molecular formula is C9H10N2O. The highest BCUT2D eigenvalue weighted by atomic mass is 16.1. The number of rotatable bonds is 1. The standard InChI is InChI=1S/C9H10N2O/c10-8-3-1-2-6-7(8)4-11-9(6)5-12/h1-3,5,9,11H,4,10H2. The van der Waals surface area contributed by atoms with E-state index >= 15 is 0 Å². The number of anilines is 1. The average molecular weight is 162 g/mol. The lowest BCUT2D eigenvalue weighted by Gasteiger charge is -2.03. The Morgan fingerprint density at radius 3 is 3.17 bits per heavy atom. The molecule has 1 aromatic carbocycles. The fraction of sp³-hybridized carbons (Fsp3) is 0.222. The van der Waals surface area contributed by atoms with E-state index < -0.39 is 0 Å². The molecule has 0 amide bonds. The minimum atomic E-state index is -0.163. The van der Waals surface area contributed by atoms with Crippen LogP contribution in [0.5, 0.6) is 0 Å². The molecule has 0 aliphatic carbocycles. The SMILES string of the molecule is Nc1cccc2c1CNC2C=O. The zero-order valence-corrected chi connectivity index (χ0v) is 6.58. The predicted molar refractivity (Wildman–Crippen MR) is 46.5 cm³/mol. The molecule has 3 N–H and O–H groups in total. The lowest BCUT2D eigenvalue weighted by atomic mass is 10.0. The van der Waals surface area contributed by atoms with Gasteiger partial charge in [-0.3, -0.25) is 5.32 Å². The van der Waals surface area contributed by atoms with E-state index in [1.165, 1.54) is 0 Å². The molecule has 1 aliphatic heterocycles. The summed E-state index contributed by atoms with van der Waals surface area (Å²) < 4.78 is 0. The first-order valence-electron chi connectivity index (χ1n) is 3.89. The molecule has 1 heterocycles. The summed E-state index contributed by atoms with van der Waals surface area (Å²) in [6, 6.07) is 5.50. The number of fused-ring (bicyclic) bond motifs is 1. The van der Waals surface area contributed by atoms with Crippen LogP contribution in [0.2, 0.25) is 0 Å². The minimum Gasteiger partial charge on any atom is -0.398 e. The quantitative estimate of drug-likeness (QED) is 0.470. The number of nitrogens with one attached hydrogen (secondary N) is 1. The average Bonchev–Trinajstić information content (AvgIpc) is 2.49. The Bertz CT molecular complexity index is 322. The first-order chi connectivity index (χ1) is 5.83. The van der Waals surface area contributed by atoms with Gasteiger partial charge in [0.25, 0.3) is 0 Å². The van der Waals surface area contributed by atoms with Gasteiger partial charge in [-0.15, -0.1) is 0 Å². The first-order valence-corrected chi connectivity index (χ1v) is 3.89. The molecule has 0 aromatic heterocycles. The molecule has 12 heavy (non-hydrogen) atoms. The Labute approximate surface area is 70.6 Å². The van der Waals surface area contributed by atoms with Gasteiger partial charge in [0.1, 0.15) is 6.29 Å². The second-order valence-electron chi connectivity index (χ2n) is 2.91. The molecule has 62 valence electrons. The molecule has 0 saturated heterocycles. The largest absolute Gasteiger partial charge is 0.398 e. The highest BCUT2D eigenvalue weighted by molar-refractivity contribution is 5.67. The van der Waals surface area contributed by atoms with Gasteiger partial charge in [-0.05, 0) is 17.2 Å². The summed E-state index contributed by atoms with van der Waals surface area (Å²) in [4.78, 5) is 10.6. The van der Waals surface area contributed by atoms with Gasteiger partial charge in [0.05, 0.1) is 6.04 Å². The van der Waals surface area contributed by atoms with E-state index in [9.17, 15) is 4.79 Å². The van der Waals surface area contributed by atoms with Gasteiger partial charge < -0.3 is 10.5 Å². The maximum Gasteiger partial charge on any atom is 0.141 e. The maximum atomic E-state index is 10.6. The third-order valence-corrected chi connectivity index (χ3v) is 2.22. The van der Waals surface area contributed by atoms with Crippen LogP contribution < -0.4 is 11.1 Å². The molecule has 3 nitrogen and oxygen atoms in total. The summed E-state index contributed by atoms with van der Waals surface area (Å²) in [6.45, 7) is 0.700. The number of nitrogens with two attached hydrogens (primary N) is 1. The number of benzene rings is 1. The van der Waals surface area contributed by atoms with Crippen LogP contribution in [-0.4, -0.2) is 6.29 Å². The molecular weight excluding hydrogens is 152 g/mol. The van der Waals surface area contributed by atoms with Crippen LogP contribution in [0.4, 0.5) is 5.69 Å². The monoisotopic (exact) mass is 162 g/mol. The van der Waals surface area contributed by atoms with E-state index in [0.717, 1.165) is 23.1 Å². The van der Waals surface area contributed by atoms with Gasteiger partial charge >= 0.3 is 0 Å². The maximum absolute atomic E-state index is 10.6. The van der Waals surface area contributed by atoms with Crippen molar-refractivity contribution in [3.8, 4) is 0 Å². The lowest BCUT2D eigenvalue weighted by molar-refractivity contribution is -0.109. The third-order valence-electron chi connectivity index (χ3n) is 2.22. The molecule has 3 heteroatoms. The smallest absolute Gasteiger partial charge is 0.141 e. The molecule has 2 rings (SSSR count). The van der Waals surface area contributed by atoms with E-state index in [4.69, 9.17) is 5.73 Å². The Morgan fingerprint density at radius 1 is 1.58 bits per heavy atom. The fourth-order valence-electron chi connectivity index (χ4n) is 1.56. The summed E-state index contributed by atoms with van der Waals surface area (Å²) in [7, 11) is 0. The van der Waals surface area contributed by atoms with Gasteiger partial charge in [0.15, 0.2) is 0 Å². The van der Waals surface area contributed by atoms with Gasteiger partial charge in [-0.25, -0.2) is 0 Å². The van der Waals surface area contributed by atoms with Crippen LogP contribution in [0.1, 0.15) is 17.2 Å². The van der Waals surface area contributed by atoms with Crippen molar-refractivity contribution in [1.82, 2.24) is 5.32 Å². The van der Waals surface area contributed by atoms with Crippen LogP contribution >= 0.6 is 0 Å².